The summed E-state index contributed by atoms with van der Waals surface area (Å²) < 4.78 is 5.30. The minimum absolute atomic E-state index is 0.302. The molecule has 1 aromatic heterocycles. The Morgan fingerprint density at radius 3 is 2.89 bits per heavy atom. The number of halogens is 1. The third kappa shape index (κ3) is 3.20. The van der Waals surface area contributed by atoms with Gasteiger partial charge >= 0.3 is 0 Å². The van der Waals surface area contributed by atoms with Crippen molar-refractivity contribution in [1.29, 1.82) is 0 Å². The Hall–Kier alpha value is -1.61. The predicted octanol–water partition coefficient (Wildman–Crippen LogP) is 3.95. The number of benzene rings is 1. The summed E-state index contributed by atoms with van der Waals surface area (Å²) >= 11 is 5.98. The minimum atomic E-state index is 0.302. The number of nitrogens with one attached hydrogen (secondary N) is 1. The Labute approximate surface area is 112 Å². The Kier molecular flexibility index (Phi) is 4.15. The van der Waals surface area contributed by atoms with Gasteiger partial charge in [0.25, 0.3) is 0 Å². The monoisotopic (exact) mass is 264 g/mol. The average molecular weight is 265 g/mol. The molecule has 1 aromatic carbocycles. The molecule has 0 radical (unpaired) electrons. The first kappa shape index (κ1) is 12.8. The van der Waals surface area contributed by atoms with Gasteiger partial charge in [0.15, 0.2) is 0 Å². The first-order valence-electron chi connectivity index (χ1n) is 5.99. The standard InChI is InChI=1S/C14H17ClN2O/c1-10(7-8-11-4-3-9-18-11)17-13-6-2-5-12(15)14(13)16/h2-6,9-10,17H,7-8,16H2,1H3. The van der Waals surface area contributed by atoms with Crippen molar-refractivity contribution in [2.45, 2.75) is 25.8 Å². The van der Waals surface area contributed by atoms with Gasteiger partial charge in [0.2, 0.25) is 0 Å². The van der Waals surface area contributed by atoms with Crippen LogP contribution in [-0.4, -0.2) is 6.04 Å². The molecule has 1 heterocycles. The second-order valence-electron chi connectivity index (χ2n) is 4.36. The molecule has 2 rings (SSSR count). The fourth-order valence-corrected chi connectivity index (χ4v) is 1.99. The first-order valence-corrected chi connectivity index (χ1v) is 6.37. The van der Waals surface area contributed by atoms with E-state index in [4.69, 9.17) is 21.8 Å². The van der Waals surface area contributed by atoms with Crippen molar-refractivity contribution in [1.82, 2.24) is 0 Å². The van der Waals surface area contributed by atoms with Gasteiger partial charge in [-0.05, 0) is 37.6 Å². The van der Waals surface area contributed by atoms with E-state index in [-0.39, 0.29) is 0 Å². The summed E-state index contributed by atoms with van der Waals surface area (Å²) in [6.07, 6.45) is 3.57. The molecule has 0 aliphatic rings. The number of nitrogen functional groups attached to an aromatic ring is 1. The van der Waals surface area contributed by atoms with Crippen LogP contribution >= 0.6 is 11.6 Å². The van der Waals surface area contributed by atoms with Crippen molar-refractivity contribution >= 4 is 23.0 Å². The third-order valence-electron chi connectivity index (χ3n) is 2.86. The molecule has 0 spiro atoms. The van der Waals surface area contributed by atoms with Gasteiger partial charge in [0.1, 0.15) is 5.76 Å². The van der Waals surface area contributed by atoms with Crippen molar-refractivity contribution in [2.24, 2.45) is 0 Å². The van der Waals surface area contributed by atoms with E-state index in [0.29, 0.717) is 16.8 Å². The van der Waals surface area contributed by atoms with E-state index in [1.54, 1.807) is 12.3 Å². The van der Waals surface area contributed by atoms with E-state index in [0.717, 1.165) is 24.3 Å². The molecule has 3 N–H and O–H groups in total. The molecule has 18 heavy (non-hydrogen) atoms. The van der Waals surface area contributed by atoms with Gasteiger partial charge in [0, 0.05) is 12.5 Å². The lowest BCUT2D eigenvalue weighted by Gasteiger charge is -2.16. The van der Waals surface area contributed by atoms with Gasteiger partial charge < -0.3 is 15.5 Å². The number of aryl methyl sites for hydroxylation is 1. The second-order valence-corrected chi connectivity index (χ2v) is 4.77. The fourth-order valence-electron chi connectivity index (χ4n) is 1.81. The van der Waals surface area contributed by atoms with Crippen LogP contribution in [0.3, 0.4) is 0 Å². The lowest BCUT2D eigenvalue weighted by Crippen LogP contribution is -2.16. The molecule has 0 amide bonds. The molecule has 0 aliphatic heterocycles. The summed E-state index contributed by atoms with van der Waals surface area (Å²) in [6.45, 7) is 2.11. The second kappa shape index (κ2) is 5.83. The molecule has 4 heteroatoms. The highest BCUT2D eigenvalue weighted by Gasteiger charge is 2.07. The van der Waals surface area contributed by atoms with Gasteiger partial charge in [0.05, 0.1) is 22.7 Å². The van der Waals surface area contributed by atoms with Crippen molar-refractivity contribution in [3.63, 3.8) is 0 Å². The van der Waals surface area contributed by atoms with E-state index < -0.39 is 0 Å². The molecule has 0 bridgehead atoms. The topological polar surface area (TPSA) is 51.2 Å². The number of furan rings is 1. The quantitative estimate of drug-likeness (QED) is 0.804. The lowest BCUT2D eigenvalue weighted by molar-refractivity contribution is 0.495. The van der Waals surface area contributed by atoms with Gasteiger partial charge in [-0.3, -0.25) is 0 Å². The average Bonchev–Trinajstić information content (AvgIpc) is 2.86. The normalized spacial score (nSPS) is 12.3. The zero-order valence-electron chi connectivity index (χ0n) is 10.3. The molecule has 3 nitrogen and oxygen atoms in total. The number of rotatable bonds is 5. The molecule has 2 aromatic rings. The molecule has 0 fully saturated rings. The zero-order chi connectivity index (χ0) is 13.0. The van der Waals surface area contributed by atoms with Crippen LogP contribution in [0.15, 0.2) is 41.0 Å². The van der Waals surface area contributed by atoms with Crippen LogP contribution in [0.25, 0.3) is 0 Å². The van der Waals surface area contributed by atoms with E-state index in [1.165, 1.54) is 0 Å². The van der Waals surface area contributed by atoms with E-state index in [2.05, 4.69) is 12.2 Å². The summed E-state index contributed by atoms with van der Waals surface area (Å²) in [7, 11) is 0. The van der Waals surface area contributed by atoms with E-state index >= 15 is 0 Å². The number of anilines is 2. The summed E-state index contributed by atoms with van der Waals surface area (Å²) in [5.74, 6) is 1.00. The Morgan fingerprint density at radius 2 is 2.17 bits per heavy atom. The lowest BCUT2D eigenvalue weighted by atomic mass is 10.1. The summed E-state index contributed by atoms with van der Waals surface area (Å²) in [5, 5.41) is 3.94. The van der Waals surface area contributed by atoms with Crippen LogP contribution in [0.2, 0.25) is 5.02 Å². The maximum atomic E-state index is 5.98. The van der Waals surface area contributed by atoms with Gasteiger partial charge in [-0.25, -0.2) is 0 Å². The highest BCUT2D eigenvalue weighted by Crippen LogP contribution is 2.27. The van der Waals surface area contributed by atoms with Crippen LogP contribution in [0, 0.1) is 0 Å². The number of para-hydroxylation sites is 1. The summed E-state index contributed by atoms with van der Waals surface area (Å²) in [6, 6.07) is 9.81. The maximum absolute atomic E-state index is 5.98. The van der Waals surface area contributed by atoms with Crippen molar-refractivity contribution < 1.29 is 4.42 Å². The maximum Gasteiger partial charge on any atom is 0.103 e. The van der Waals surface area contributed by atoms with E-state index in [9.17, 15) is 0 Å². The number of hydrogen-bond donors (Lipinski definition) is 2. The molecule has 1 unspecified atom stereocenters. The first-order chi connectivity index (χ1) is 8.66. The fraction of sp³-hybridized carbons (Fsp3) is 0.286. The van der Waals surface area contributed by atoms with Crippen LogP contribution in [-0.2, 0) is 6.42 Å². The molecule has 96 valence electrons. The van der Waals surface area contributed by atoms with Crippen molar-refractivity contribution in [2.75, 3.05) is 11.1 Å². The van der Waals surface area contributed by atoms with Crippen molar-refractivity contribution in [3.05, 3.63) is 47.4 Å². The number of hydrogen-bond acceptors (Lipinski definition) is 3. The highest BCUT2D eigenvalue weighted by molar-refractivity contribution is 6.33. The Balaban J connectivity index is 1.90. The third-order valence-corrected chi connectivity index (χ3v) is 3.19. The van der Waals surface area contributed by atoms with Gasteiger partial charge in [-0.2, -0.15) is 0 Å². The van der Waals surface area contributed by atoms with Crippen molar-refractivity contribution in [3.8, 4) is 0 Å². The van der Waals surface area contributed by atoms with Crippen LogP contribution in [0.1, 0.15) is 19.1 Å². The molecule has 1 atom stereocenters. The smallest absolute Gasteiger partial charge is 0.103 e. The highest BCUT2D eigenvalue weighted by atomic mass is 35.5. The molecule has 0 aliphatic carbocycles. The van der Waals surface area contributed by atoms with Gasteiger partial charge in [-0.15, -0.1) is 0 Å². The Morgan fingerprint density at radius 1 is 1.33 bits per heavy atom. The predicted molar refractivity (Wildman–Crippen MR) is 76.0 cm³/mol. The molecule has 0 saturated heterocycles. The molecular weight excluding hydrogens is 248 g/mol. The molecule has 0 saturated carbocycles. The summed E-state index contributed by atoms with van der Waals surface area (Å²) in [5.41, 5.74) is 7.39. The molecular formula is C14H17ClN2O. The van der Waals surface area contributed by atoms with Crippen LogP contribution in [0.5, 0.6) is 0 Å². The zero-order valence-corrected chi connectivity index (χ0v) is 11.1. The largest absolute Gasteiger partial charge is 0.469 e. The van der Waals surface area contributed by atoms with Crippen LogP contribution in [0.4, 0.5) is 11.4 Å². The Bertz CT molecular complexity index is 497. The van der Waals surface area contributed by atoms with Gasteiger partial charge in [-0.1, -0.05) is 17.7 Å². The minimum Gasteiger partial charge on any atom is -0.469 e. The van der Waals surface area contributed by atoms with Crippen LogP contribution < -0.4 is 11.1 Å². The van der Waals surface area contributed by atoms with E-state index in [1.807, 2.05) is 24.3 Å². The SMILES string of the molecule is CC(CCc1ccco1)Nc1cccc(Cl)c1N. The summed E-state index contributed by atoms with van der Waals surface area (Å²) in [4.78, 5) is 0. The number of nitrogens with two attached hydrogens (primary N) is 1.